The van der Waals surface area contributed by atoms with Gasteiger partial charge in [-0.1, -0.05) is 23.2 Å². The van der Waals surface area contributed by atoms with Crippen LogP contribution in [0.4, 0.5) is 11.4 Å². The maximum Gasteiger partial charge on any atom is 0.419 e. The lowest BCUT2D eigenvalue weighted by Crippen LogP contribution is -2.22. The molecule has 2 aliphatic rings. The third kappa shape index (κ3) is 2.41. The molecule has 0 atom stereocenters. The number of hydrogen-bond acceptors (Lipinski definition) is 8. The minimum Gasteiger partial charge on any atom is -0.451 e. The summed E-state index contributed by atoms with van der Waals surface area (Å²) in [6, 6.07) is 6.47. The molecule has 12 heteroatoms. The topological polar surface area (TPSA) is 113 Å². The van der Waals surface area contributed by atoms with Crippen molar-refractivity contribution in [1.82, 2.24) is 9.13 Å². The van der Waals surface area contributed by atoms with Crippen LogP contribution in [0.2, 0.25) is 10.0 Å². The van der Waals surface area contributed by atoms with Crippen LogP contribution in [0.25, 0.3) is 22.2 Å². The van der Waals surface area contributed by atoms with Crippen LogP contribution in [0.1, 0.15) is 0 Å². The zero-order valence-electron chi connectivity index (χ0n) is 17.3. The first-order chi connectivity index (χ1) is 16.3. The number of rotatable bonds is 0. The smallest absolute Gasteiger partial charge is 0.419 e. The Morgan fingerprint density at radius 1 is 0.706 bits per heavy atom. The van der Waals surface area contributed by atoms with Gasteiger partial charge in [-0.05, 0) is 12.1 Å². The molecule has 0 N–H and O–H groups in total. The van der Waals surface area contributed by atoms with E-state index in [1.165, 1.54) is 9.13 Å². The highest BCUT2D eigenvalue weighted by atomic mass is 35.5. The molecule has 0 aliphatic carbocycles. The molecule has 0 saturated carbocycles. The fraction of sp³-hybridized carbons (Fsp3) is 0.0909. The van der Waals surface area contributed by atoms with Gasteiger partial charge < -0.3 is 18.3 Å². The summed E-state index contributed by atoms with van der Waals surface area (Å²) in [6.07, 6.45) is 0. The Hall–Kier alpha value is -4.02. The van der Waals surface area contributed by atoms with Gasteiger partial charge in [0.05, 0.1) is 11.0 Å². The third-order valence-corrected chi connectivity index (χ3v) is 6.58. The number of fused-ring (bicyclic) bond motifs is 6. The molecule has 34 heavy (non-hydrogen) atoms. The van der Waals surface area contributed by atoms with E-state index in [4.69, 9.17) is 41.5 Å². The molecule has 0 saturated heterocycles. The second kappa shape index (κ2) is 6.31. The molecule has 10 nitrogen and oxygen atoms in total. The maximum absolute atomic E-state index is 11.9. The van der Waals surface area contributed by atoms with Crippen LogP contribution in [-0.2, 0) is 14.1 Å². The van der Waals surface area contributed by atoms with Crippen LogP contribution in [0.5, 0.6) is 23.0 Å². The molecule has 5 aromatic rings. The molecule has 0 spiro atoms. The SMILES string of the molecule is Cn1c(=O)oc2cc3c(cc21)N=c1c(Cl)c2c(c(Cl)c1O3)=Nc1cc3c(cc1O2)oc(=O)n3C. The second-order valence-corrected chi connectivity index (χ2v) is 8.60. The van der Waals surface area contributed by atoms with Crippen molar-refractivity contribution in [3.63, 3.8) is 0 Å². The minimum absolute atomic E-state index is 0.144. The first-order valence-corrected chi connectivity index (χ1v) is 10.7. The maximum atomic E-state index is 11.9. The van der Waals surface area contributed by atoms with Crippen LogP contribution in [0, 0.1) is 0 Å². The lowest BCUT2D eigenvalue weighted by atomic mass is 10.2. The van der Waals surface area contributed by atoms with E-state index in [-0.39, 0.29) is 32.3 Å². The normalized spacial score (nSPS) is 13.3. The number of aryl methyl sites for hydroxylation is 2. The van der Waals surface area contributed by atoms with Gasteiger partial charge in [-0.15, -0.1) is 0 Å². The molecule has 0 amide bonds. The predicted molar refractivity (Wildman–Crippen MR) is 121 cm³/mol. The fourth-order valence-corrected chi connectivity index (χ4v) is 4.61. The highest BCUT2D eigenvalue weighted by Crippen LogP contribution is 2.44. The van der Waals surface area contributed by atoms with Crippen molar-refractivity contribution < 1.29 is 18.3 Å². The molecule has 0 bridgehead atoms. The molecule has 2 aliphatic heterocycles. The lowest BCUT2D eigenvalue weighted by Gasteiger charge is -2.20. The quantitative estimate of drug-likeness (QED) is 0.313. The highest BCUT2D eigenvalue weighted by molar-refractivity contribution is 6.35. The van der Waals surface area contributed by atoms with E-state index in [1.54, 1.807) is 38.4 Å². The van der Waals surface area contributed by atoms with Gasteiger partial charge in [0.2, 0.25) is 0 Å². The van der Waals surface area contributed by atoms with E-state index in [0.29, 0.717) is 45.1 Å². The Morgan fingerprint density at radius 3 is 1.53 bits per heavy atom. The minimum atomic E-state index is -0.505. The molecular formula is C22H10Cl2N4O6. The Bertz CT molecular complexity index is 1870. The molecular weight excluding hydrogens is 487 g/mol. The highest BCUT2D eigenvalue weighted by Gasteiger charge is 2.28. The van der Waals surface area contributed by atoms with Crippen LogP contribution in [0.3, 0.4) is 0 Å². The molecule has 7 rings (SSSR count). The standard InChI is InChI=1S/C22H10Cl2N4O6/c1-27-9-3-7-11(5-13(9)33-21(27)29)31-19-16(24)18-20(15(23)17(19)25-7)32-12-6-14-10(4-8(12)26-18)28(2)22(30)34-14/h3-6H,1-2H3. The van der Waals surface area contributed by atoms with Gasteiger partial charge in [0.25, 0.3) is 0 Å². The van der Waals surface area contributed by atoms with Crippen molar-refractivity contribution in [2.24, 2.45) is 24.1 Å². The van der Waals surface area contributed by atoms with Gasteiger partial charge in [0, 0.05) is 26.2 Å². The van der Waals surface area contributed by atoms with E-state index in [0.717, 1.165) is 0 Å². The number of aromatic nitrogens is 2. The van der Waals surface area contributed by atoms with Crippen molar-refractivity contribution in [3.05, 3.63) is 66.1 Å². The Kier molecular flexibility index (Phi) is 3.61. The van der Waals surface area contributed by atoms with Gasteiger partial charge in [-0.3, -0.25) is 9.13 Å². The van der Waals surface area contributed by atoms with E-state index in [1.807, 2.05) is 0 Å². The number of oxazole rings is 2. The Morgan fingerprint density at radius 2 is 1.12 bits per heavy atom. The Balaban J connectivity index is 1.50. The van der Waals surface area contributed by atoms with E-state index >= 15 is 0 Å². The van der Waals surface area contributed by atoms with Crippen LogP contribution in [0.15, 0.2) is 52.7 Å². The van der Waals surface area contributed by atoms with Gasteiger partial charge in [-0.2, -0.15) is 0 Å². The summed E-state index contributed by atoms with van der Waals surface area (Å²) in [5.41, 5.74) is 2.68. The number of ether oxygens (including phenoxy) is 2. The lowest BCUT2D eigenvalue weighted by molar-refractivity contribution is 0.450. The molecule has 0 fully saturated rings. The number of nitrogens with zero attached hydrogens (tertiary/aromatic N) is 4. The van der Waals surface area contributed by atoms with E-state index in [9.17, 15) is 9.59 Å². The number of hydrogen-bond donors (Lipinski definition) is 0. The van der Waals surface area contributed by atoms with Gasteiger partial charge in [0.1, 0.15) is 32.1 Å². The largest absolute Gasteiger partial charge is 0.451 e. The predicted octanol–water partition coefficient (Wildman–Crippen LogP) is 4.00. The molecule has 4 heterocycles. The van der Waals surface area contributed by atoms with Crippen LogP contribution in [-0.4, -0.2) is 9.13 Å². The summed E-state index contributed by atoms with van der Waals surface area (Å²) < 4.78 is 25.3. The van der Waals surface area contributed by atoms with Crippen molar-refractivity contribution in [1.29, 1.82) is 0 Å². The monoisotopic (exact) mass is 496 g/mol. The Labute approximate surface area is 197 Å². The van der Waals surface area contributed by atoms with Crippen molar-refractivity contribution in [2.45, 2.75) is 0 Å². The van der Waals surface area contributed by atoms with Crippen LogP contribution < -0.4 is 31.7 Å². The summed E-state index contributed by atoms with van der Waals surface area (Å²) in [4.78, 5) is 33.0. The van der Waals surface area contributed by atoms with Gasteiger partial charge in [0.15, 0.2) is 34.2 Å². The van der Waals surface area contributed by atoms with Gasteiger partial charge in [-0.25, -0.2) is 19.6 Å². The summed E-state index contributed by atoms with van der Waals surface area (Å²) in [7, 11) is 3.19. The van der Waals surface area contributed by atoms with E-state index < -0.39 is 11.5 Å². The molecule has 3 aromatic carbocycles. The fourth-order valence-electron chi connectivity index (χ4n) is 4.09. The number of benzene rings is 3. The average Bonchev–Trinajstić information content (AvgIpc) is 3.26. The summed E-state index contributed by atoms with van der Waals surface area (Å²) in [5.74, 6) is 0.0782. The average molecular weight is 497 g/mol. The first kappa shape index (κ1) is 19.4. The molecule has 2 aromatic heterocycles. The zero-order chi connectivity index (χ0) is 23.5. The van der Waals surface area contributed by atoms with Gasteiger partial charge >= 0.3 is 11.5 Å². The molecule has 168 valence electrons. The third-order valence-electron chi connectivity index (χ3n) is 5.88. The molecule has 0 radical (unpaired) electrons. The first-order valence-electron chi connectivity index (χ1n) is 9.91. The molecule has 0 unspecified atom stereocenters. The van der Waals surface area contributed by atoms with Crippen molar-refractivity contribution in [3.8, 4) is 23.0 Å². The summed E-state index contributed by atoms with van der Waals surface area (Å²) >= 11 is 13.4. The van der Waals surface area contributed by atoms with Crippen molar-refractivity contribution in [2.75, 3.05) is 0 Å². The van der Waals surface area contributed by atoms with Crippen LogP contribution >= 0.6 is 23.2 Å². The summed E-state index contributed by atoms with van der Waals surface area (Å²) in [5, 5.41) is 0.809. The number of halogens is 2. The zero-order valence-corrected chi connectivity index (χ0v) is 18.8. The van der Waals surface area contributed by atoms with Crippen molar-refractivity contribution >= 4 is 56.8 Å². The second-order valence-electron chi connectivity index (χ2n) is 7.84. The summed E-state index contributed by atoms with van der Waals surface area (Å²) in [6.45, 7) is 0. The van der Waals surface area contributed by atoms with E-state index in [2.05, 4.69) is 9.98 Å².